The van der Waals surface area contributed by atoms with Crippen LogP contribution in [0.25, 0.3) is 0 Å². The Morgan fingerprint density at radius 2 is 2.07 bits per heavy atom. The molecular formula is C19H21FN4O3. The first-order chi connectivity index (χ1) is 13.0. The molecule has 3 amide bonds. The molecule has 142 valence electrons. The van der Waals surface area contributed by atoms with Gasteiger partial charge in [0.1, 0.15) is 11.9 Å². The maximum absolute atomic E-state index is 13.9. The molecule has 4 rings (SSSR count). The molecule has 3 heterocycles. The summed E-state index contributed by atoms with van der Waals surface area (Å²) in [6, 6.07) is 4.82. The number of nitrogens with one attached hydrogen (secondary N) is 3. The first-order valence-corrected chi connectivity index (χ1v) is 9.08. The zero-order chi connectivity index (χ0) is 19.0. The summed E-state index contributed by atoms with van der Waals surface area (Å²) in [4.78, 5) is 37.8. The van der Waals surface area contributed by atoms with Gasteiger partial charge < -0.3 is 15.5 Å². The van der Waals surface area contributed by atoms with E-state index in [0.717, 1.165) is 16.7 Å². The molecule has 3 aliphatic heterocycles. The quantitative estimate of drug-likeness (QED) is 0.650. The molecule has 27 heavy (non-hydrogen) atoms. The van der Waals surface area contributed by atoms with Gasteiger partial charge in [-0.15, -0.1) is 0 Å². The van der Waals surface area contributed by atoms with E-state index < -0.39 is 11.9 Å². The molecule has 3 N–H and O–H groups in total. The van der Waals surface area contributed by atoms with Crippen molar-refractivity contribution in [1.82, 2.24) is 20.9 Å². The third-order valence-corrected chi connectivity index (χ3v) is 5.34. The zero-order valence-electron chi connectivity index (χ0n) is 14.8. The van der Waals surface area contributed by atoms with E-state index in [0.29, 0.717) is 38.2 Å². The Morgan fingerprint density at radius 1 is 1.26 bits per heavy atom. The van der Waals surface area contributed by atoms with Crippen molar-refractivity contribution in [2.24, 2.45) is 0 Å². The second-order valence-corrected chi connectivity index (χ2v) is 7.06. The summed E-state index contributed by atoms with van der Waals surface area (Å²) in [7, 11) is 0. The van der Waals surface area contributed by atoms with E-state index >= 15 is 0 Å². The Bertz CT molecular complexity index is 845. The highest BCUT2D eigenvalue weighted by Gasteiger charge is 2.39. The summed E-state index contributed by atoms with van der Waals surface area (Å²) in [5, 5.41) is 8.40. The summed E-state index contributed by atoms with van der Waals surface area (Å²) >= 11 is 0. The van der Waals surface area contributed by atoms with Crippen molar-refractivity contribution in [2.45, 2.75) is 32.0 Å². The van der Waals surface area contributed by atoms with E-state index in [2.05, 4.69) is 16.0 Å². The lowest BCUT2D eigenvalue weighted by Crippen LogP contribution is -2.52. The minimum absolute atomic E-state index is 0.137. The molecule has 0 aliphatic carbocycles. The summed E-state index contributed by atoms with van der Waals surface area (Å²) in [6.07, 6.45) is 0.568. The first kappa shape index (κ1) is 17.8. The largest absolute Gasteiger partial charge is 0.322 e. The van der Waals surface area contributed by atoms with Gasteiger partial charge in [0, 0.05) is 44.7 Å². The second-order valence-electron chi connectivity index (χ2n) is 7.06. The van der Waals surface area contributed by atoms with Crippen molar-refractivity contribution in [3.05, 3.63) is 46.3 Å². The van der Waals surface area contributed by atoms with Gasteiger partial charge in [-0.1, -0.05) is 12.1 Å². The van der Waals surface area contributed by atoms with Gasteiger partial charge in [-0.05, 0) is 29.2 Å². The lowest BCUT2D eigenvalue weighted by Gasteiger charge is -2.29. The van der Waals surface area contributed by atoms with Crippen LogP contribution in [0.1, 0.15) is 34.3 Å². The van der Waals surface area contributed by atoms with Crippen molar-refractivity contribution < 1.29 is 18.8 Å². The van der Waals surface area contributed by atoms with Crippen molar-refractivity contribution in [1.29, 1.82) is 0 Å². The fourth-order valence-corrected chi connectivity index (χ4v) is 3.69. The van der Waals surface area contributed by atoms with E-state index in [1.165, 1.54) is 4.90 Å². The van der Waals surface area contributed by atoms with Crippen LogP contribution < -0.4 is 16.0 Å². The monoisotopic (exact) mass is 372 g/mol. The number of carbonyl (C=O) groups is 3. The van der Waals surface area contributed by atoms with Crippen molar-refractivity contribution >= 4 is 17.7 Å². The molecule has 0 bridgehead atoms. The smallest absolute Gasteiger partial charge is 0.255 e. The van der Waals surface area contributed by atoms with Gasteiger partial charge in [0.05, 0.1) is 0 Å². The van der Waals surface area contributed by atoms with Crippen molar-refractivity contribution in [2.75, 3.05) is 19.6 Å². The third-order valence-electron chi connectivity index (χ3n) is 5.34. The Hall–Kier alpha value is -2.58. The van der Waals surface area contributed by atoms with Gasteiger partial charge >= 0.3 is 0 Å². The van der Waals surface area contributed by atoms with Crippen LogP contribution in [0, 0.1) is 0 Å². The Kier molecular flexibility index (Phi) is 4.75. The number of hydrogen-bond acceptors (Lipinski definition) is 5. The van der Waals surface area contributed by atoms with Crippen LogP contribution in [0.5, 0.6) is 0 Å². The van der Waals surface area contributed by atoms with Gasteiger partial charge in [-0.25, -0.2) is 4.39 Å². The second kappa shape index (κ2) is 7.21. The van der Waals surface area contributed by atoms with E-state index in [9.17, 15) is 18.8 Å². The summed E-state index contributed by atoms with van der Waals surface area (Å²) in [5.41, 5.74) is 3.14. The van der Waals surface area contributed by atoms with Crippen LogP contribution in [-0.4, -0.2) is 48.3 Å². The number of imide groups is 1. The van der Waals surface area contributed by atoms with Crippen LogP contribution in [0.4, 0.5) is 4.39 Å². The summed E-state index contributed by atoms with van der Waals surface area (Å²) in [6.45, 7) is 2.12. The van der Waals surface area contributed by atoms with E-state index in [1.54, 1.807) is 12.1 Å². The number of nitrogens with zero attached hydrogens (tertiary/aromatic N) is 1. The molecule has 0 saturated carbocycles. The Labute approximate surface area is 156 Å². The standard InChI is InChI=1S/C19H21FN4O3/c20-15(12-7-21-8-12)9-22-6-11-2-1-3-13-14(11)10-24(19(13)27)16-4-5-17(25)23-18(16)26/h1-3,16,21-22H,4-10H2,(H,23,25,26). The fourth-order valence-electron chi connectivity index (χ4n) is 3.69. The predicted octanol–water partition coefficient (Wildman–Crippen LogP) is 0.364. The van der Waals surface area contributed by atoms with Crippen molar-refractivity contribution in [3.8, 4) is 0 Å². The molecule has 8 heteroatoms. The lowest BCUT2D eigenvalue weighted by molar-refractivity contribution is -0.136. The number of carbonyl (C=O) groups excluding carboxylic acids is 3. The number of benzene rings is 1. The molecule has 2 fully saturated rings. The molecular weight excluding hydrogens is 351 g/mol. The molecule has 2 saturated heterocycles. The Morgan fingerprint density at radius 3 is 2.78 bits per heavy atom. The SMILES string of the molecule is O=C1CCC(N2Cc3c(CNCC(F)=C4CNC4)cccc3C2=O)C(=O)N1. The van der Waals surface area contributed by atoms with E-state index in [1.807, 2.05) is 6.07 Å². The molecule has 0 aromatic heterocycles. The molecule has 7 nitrogen and oxygen atoms in total. The number of rotatable bonds is 5. The van der Waals surface area contributed by atoms with E-state index in [-0.39, 0.29) is 30.6 Å². The summed E-state index contributed by atoms with van der Waals surface area (Å²) in [5.74, 6) is -1.06. The average Bonchev–Trinajstić information content (AvgIpc) is 2.91. The highest BCUT2D eigenvalue weighted by molar-refractivity contribution is 6.05. The van der Waals surface area contributed by atoms with Crippen LogP contribution in [-0.2, 0) is 22.7 Å². The maximum Gasteiger partial charge on any atom is 0.255 e. The van der Waals surface area contributed by atoms with Gasteiger partial charge in [0.15, 0.2) is 0 Å². The molecule has 1 aromatic carbocycles. The minimum atomic E-state index is -0.628. The van der Waals surface area contributed by atoms with Gasteiger partial charge in [-0.2, -0.15) is 0 Å². The number of amides is 3. The van der Waals surface area contributed by atoms with Crippen LogP contribution in [0.2, 0.25) is 0 Å². The first-order valence-electron chi connectivity index (χ1n) is 9.08. The van der Waals surface area contributed by atoms with Gasteiger partial charge in [0.25, 0.3) is 5.91 Å². The van der Waals surface area contributed by atoms with Crippen LogP contribution in [0.15, 0.2) is 29.6 Å². The van der Waals surface area contributed by atoms with Crippen LogP contribution in [0.3, 0.4) is 0 Å². The fraction of sp³-hybridized carbons (Fsp3) is 0.421. The molecule has 1 unspecified atom stereocenters. The lowest BCUT2D eigenvalue weighted by atomic mass is 10.0. The number of piperidine rings is 1. The van der Waals surface area contributed by atoms with E-state index in [4.69, 9.17) is 0 Å². The summed E-state index contributed by atoms with van der Waals surface area (Å²) < 4.78 is 13.9. The highest BCUT2D eigenvalue weighted by Crippen LogP contribution is 2.29. The van der Waals surface area contributed by atoms with Crippen LogP contribution >= 0.6 is 0 Å². The third kappa shape index (κ3) is 3.38. The van der Waals surface area contributed by atoms with Gasteiger partial charge in [0.2, 0.25) is 11.8 Å². The zero-order valence-corrected chi connectivity index (χ0v) is 14.8. The number of halogens is 1. The van der Waals surface area contributed by atoms with Gasteiger partial charge in [-0.3, -0.25) is 19.7 Å². The minimum Gasteiger partial charge on any atom is -0.322 e. The molecule has 0 spiro atoms. The molecule has 0 radical (unpaired) electrons. The average molecular weight is 372 g/mol. The Balaban J connectivity index is 1.46. The number of fused-ring (bicyclic) bond motifs is 1. The maximum atomic E-state index is 13.9. The molecule has 1 atom stereocenters. The number of hydrogen-bond donors (Lipinski definition) is 3. The van der Waals surface area contributed by atoms with Crippen molar-refractivity contribution in [3.63, 3.8) is 0 Å². The normalized spacial score (nSPS) is 21.8. The molecule has 1 aromatic rings. The highest BCUT2D eigenvalue weighted by atomic mass is 19.1. The predicted molar refractivity (Wildman–Crippen MR) is 95.2 cm³/mol. The molecule has 3 aliphatic rings. The topological polar surface area (TPSA) is 90.5 Å².